The lowest BCUT2D eigenvalue weighted by Gasteiger charge is -2.30. The van der Waals surface area contributed by atoms with Crippen molar-refractivity contribution in [1.82, 2.24) is 0 Å². The molecule has 0 bridgehead atoms. The first-order valence-electron chi connectivity index (χ1n) is 10.2. The highest BCUT2D eigenvalue weighted by atomic mass is 31.2. The van der Waals surface area contributed by atoms with E-state index in [4.69, 9.17) is 9.26 Å². The molecule has 1 aliphatic heterocycles. The van der Waals surface area contributed by atoms with Crippen molar-refractivity contribution in [2.75, 3.05) is 27.2 Å². The summed E-state index contributed by atoms with van der Waals surface area (Å²) < 4.78 is 38.6. The first-order valence-corrected chi connectivity index (χ1v) is 12.0. The van der Waals surface area contributed by atoms with Crippen LogP contribution in [0.1, 0.15) is 12.8 Å². The zero-order valence-electron chi connectivity index (χ0n) is 18.6. The van der Waals surface area contributed by atoms with Crippen LogP contribution in [-0.4, -0.2) is 51.1 Å². The minimum atomic E-state index is -3.66. The highest BCUT2D eigenvalue weighted by molar-refractivity contribution is 7.67. The second kappa shape index (κ2) is 11.0. The van der Waals surface area contributed by atoms with E-state index in [1.54, 1.807) is 36.4 Å². The molecule has 2 aromatic rings. The van der Waals surface area contributed by atoms with Crippen LogP contribution in [0.2, 0.25) is 0 Å². The zero-order chi connectivity index (χ0) is 24.7. The van der Waals surface area contributed by atoms with Gasteiger partial charge in [0.2, 0.25) is 6.79 Å². The van der Waals surface area contributed by atoms with E-state index < -0.39 is 56.8 Å². The highest BCUT2D eigenvalue weighted by Gasteiger charge is 2.41. The number of hydrogen-bond donors (Lipinski definition) is 0. The molecular weight excluding hydrogens is 467 g/mol. The number of carbonyl (C=O) groups is 4. The predicted octanol–water partition coefficient (Wildman–Crippen LogP) is 2.44. The van der Waals surface area contributed by atoms with E-state index in [2.05, 4.69) is 14.2 Å². The topological polar surface area (TPSA) is 132 Å². The number of esters is 4. The van der Waals surface area contributed by atoms with Crippen molar-refractivity contribution < 1.29 is 47.2 Å². The van der Waals surface area contributed by atoms with Crippen LogP contribution in [0, 0.1) is 5.92 Å². The Labute approximate surface area is 195 Å². The summed E-state index contributed by atoms with van der Waals surface area (Å²) in [7, 11) is -1.40. The van der Waals surface area contributed by atoms with Gasteiger partial charge in [-0.15, -0.1) is 0 Å². The minimum absolute atomic E-state index is 0.345. The second-order valence-electron chi connectivity index (χ2n) is 7.29. The molecule has 0 amide bonds. The molecule has 180 valence electrons. The van der Waals surface area contributed by atoms with Crippen molar-refractivity contribution in [3.05, 3.63) is 48.5 Å². The van der Waals surface area contributed by atoms with Crippen LogP contribution >= 0.6 is 7.37 Å². The molecule has 0 spiro atoms. The third kappa shape index (κ3) is 5.82. The molecule has 0 saturated carbocycles. The number of rotatable bonds is 9. The van der Waals surface area contributed by atoms with E-state index in [-0.39, 0.29) is 6.16 Å². The lowest BCUT2D eigenvalue weighted by Crippen LogP contribution is -2.30. The minimum Gasteiger partial charge on any atom is -0.469 e. The lowest BCUT2D eigenvalue weighted by molar-refractivity contribution is -0.172. The van der Waals surface area contributed by atoms with Crippen LogP contribution in [0.3, 0.4) is 0 Å². The number of methoxy groups -OCH3 is 2. The van der Waals surface area contributed by atoms with Gasteiger partial charge in [0.15, 0.2) is 0 Å². The summed E-state index contributed by atoms with van der Waals surface area (Å²) in [6, 6.07) is 14.0. The van der Waals surface area contributed by atoms with Gasteiger partial charge in [-0.2, -0.15) is 0 Å². The Hall–Kier alpha value is -3.65. The van der Waals surface area contributed by atoms with Crippen molar-refractivity contribution in [2.24, 2.45) is 5.92 Å². The highest BCUT2D eigenvalue weighted by Crippen LogP contribution is 2.55. The maximum absolute atomic E-state index is 14.0. The summed E-state index contributed by atoms with van der Waals surface area (Å²) in [5.74, 6) is -4.25. The van der Waals surface area contributed by atoms with Crippen LogP contribution in [0.25, 0.3) is 11.1 Å². The van der Waals surface area contributed by atoms with Gasteiger partial charge in [0.25, 0.3) is 7.37 Å². The Bertz CT molecular complexity index is 1140. The molecule has 10 nitrogen and oxygen atoms in total. The molecule has 0 radical (unpaired) electrons. The third-order valence-electron chi connectivity index (χ3n) is 5.07. The van der Waals surface area contributed by atoms with E-state index in [0.717, 1.165) is 19.8 Å². The first-order chi connectivity index (χ1) is 16.3. The normalized spacial score (nSPS) is 16.6. The number of ether oxygens (including phenoxy) is 4. The van der Waals surface area contributed by atoms with E-state index in [1.165, 1.54) is 0 Å². The maximum Gasteiger partial charge on any atom is 0.320 e. The molecule has 0 saturated heterocycles. The van der Waals surface area contributed by atoms with Crippen molar-refractivity contribution in [1.29, 1.82) is 0 Å². The molecule has 0 aliphatic carbocycles. The fourth-order valence-corrected chi connectivity index (χ4v) is 6.00. The van der Waals surface area contributed by atoms with E-state index in [9.17, 15) is 23.7 Å². The number of carbonyl (C=O) groups excluding carboxylic acids is 4. The Kier molecular flexibility index (Phi) is 8.07. The Balaban J connectivity index is 1.79. The van der Waals surface area contributed by atoms with Gasteiger partial charge < -0.3 is 23.5 Å². The standard InChI is InChI=1S/C23H23O10P/c1-29-20(24)11-15(23(27)32-14-31-22(26)12-21(25)30-2)13-34(28)19-10-6-4-8-17(19)16-7-3-5-9-18(16)33-34/h3-10,15H,11-14H2,1-2H3. The van der Waals surface area contributed by atoms with Crippen LogP contribution in [0.15, 0.2) is 48.5 Å². The van der Waals surface area contributed by atoms with E-state index >= 15 is 0 Å². The summed E-state index contributed by atoms with van der Waals surface area (Å²) in [4.78, 5) is 47.4. The molecule has 0 fully saturated rings. The predicted molar refractivity (Wildman–Crippen MR) is 118 cm³/mol. The lowest BCUT2D eigenvalue weighted by atomic mass is 10.0. The largest absolute Gasteiger partial charge is 0.469 e. The van der Waals surface area contributed by atoms with Gasteiger partial charge in [0.1, 0.15) is 12.2 Å². The summed E-state index contributed by atoms with van der Waals surface area (Å²) in [5.41, 5.74) is 1.46. The Morgan fingerprint density at radius 2 is 1.50 bits per heavy atom. The SMILES string of the molecule is COC(=O)CC(=O)OCOC(=O)C(CC(=O)OC)CP1(=O)Oc2ccccc2-c2ccccc21. The van der Waals surface area contributed by atoms with Gasteiger partial charge in [-0.25, -0.2) is 0 Å². The molecule has 11 heteroatoms. The quantitative estimate of drug-likeness (QED) is 0.170. The molecule has 34 heavy (non-hydrogen) atoms. The summed E-state index contributed by atoms with van der Waals surface area (Å²) in [5, 5.41) is 0.417. The molecule has 0 N–H and O–H groups in total. The van der Waals surface area contributed by atoms with Gasteiger partial charge >= 0.3 is 23.9 Å². The summed E-state index contributed by atoms with van der Waals surface area (Å²) >= 11 is 0. The molecule has 2 aromatic carbocycles. The van der Waals surface area contributed by atoms with Crippen LogP contribution < -0.4 is 9.83 Å². The van der Waals surface area contributed by atoms with Crippen molar-refractivity contribution in [3.63, 3.8) is 0 Å². The van der Waals surface area contributed by atoms with Gasteiger partial charge in [0, 0.05) is 5.56 Å². The summed E-state index contributed by atoms with van der Waals surface area (Å²) in [6.07, 6.45) is -1.43. The average Bonchev–Trinajstić information content (AvgIpc) is 2.83. The van der Waals surface area contributed by atoms with Crippen molar-refractivity contribution in [3.8, 4) is 16.9 Å². The molecule has 1 aliphatic rings. The monoisotopic (exact) mass is 490 g/mol. The van der Waals surface area contributed by atoms with Gasteiger partial charge in [-0.3, -0.25) is 23.7 Å². The molecule has 3 rings (SSSR count). The summed E-state index contributed by atoms with van der Waals surface area (Å²) in [6.45, 7) is -0.795. The fourth-order valence-electron chi connectivity index (χ4n) is 3.42. The Morgan fingerprint density at radius 1 is 0.853 bits per heavy atom. The van der Waals surface area contributed by atoms with Crippen LogP contribution in [-0.2, 0) is 42.7 Å². The van der Waals surface area contributed by atoms with Crippen molar-refractivity contribution in [2.45, 2.75) is 12.8 Å². The number of fused-ring (bicyclic) bond motifs is 3. The zero-order valence-corrected chi connectivity index (χ0v) is 19.4. The molecular formula is C23H23O10P. The molecule has 2 atom stereocenters. The van der Waals surface area contributed by atoms with Gasteiger partial charge in [-0.1, -0.05) is 36.4 Å². The molecule has 1 heterocycles. The van der Waals surface area contributed by atoms with Gasteiger partial charge in [0.05, 0.1) is 38.0 Å². The second-order valence-corrected chi connectivity index (χ2v) is 9.66. The van der Waals surface area contributed by atoms with E-state index in [1.807, 2.05) is 12.1 Å². The van der Waals surface area contributed by atoms with Gasteiger partial charge in [-0.05, 0) is 17.7 Å². The smallest absolute Gasteiger partial charge is 0.320 e. The first kappa shape index (κ1) is 25.0. The number of para-hydroxylation sites is 1. The fraction of sp³-hybridized carbons (Fsp3) is 0.304. The van der Waals surface area contributed by atoms with Crippen molar-refractivity contribution >= 4 is 36.6 Å². The van der Waals surface area contributed by atoms with E-state index in [0.29, 0.717) is 16.6 Å². The molecule has 2 unspecified atom stereocenters. The number of hydrogen-bond acceptors (Lipinski definition) is 10. The Morgan fingerprint density at radius 3 is 2.21 bits per heavy atom. The maximum atomic E-state index is 14.0. The average molecular weight is 490 g/mol. The molecule has 0 aromatic heterocycles. The number of benzene rings is 2. The third-order valence-corrected chi connectivity index (χ3v) is 7.60. The van der Waals surface area contributed by atoms with Crippen LogP contribution in [0.4, 0.5) is 0 Å². The van der Waals surface area contributed by atoms with Crippen LogP contribution in [0.5, 0.6) is 5.75 Å².